The van der Waals surface area contributed by atoms with Gasteiger partial charge in [-0.25, -0.2) is 4.98 Å². The molecular weight excluding hydrogens is 262 g/mol. The molecule has 4 nitrogen and oxygen atoms in total. The lowest BCUT2D eigenvalue weighted by atomic mass is 10.1. The molecule has 0 aliphatic rings. The Morgan fingerprint density at radius 1 is 1.29 bits per heavy atom. The highest BCUT2D eigenvalue weighted by molar-refractivity contribution is 5.74. The van der Waals surface area contributed by atoms with Gasteiger partial charge in [-0.2, -0.15) is 0 Å². The van der Waals surface area contributed by atoms with Crippen LogP contribution < -0.4 is 10.9 Å². The number of hydrogen-bond donors (Lipinski definition) is 1. The van der Waals surface area contributed by atoms with E-state index in [1.165, 1.54) is 31.9 Å². The summed E-state index contributed by atoms with van der Waals surface area (Å²) in [7, 11) is 0. The first kappa shape index (κ1) is 15.7. The third-order valence-corrected chi connectivity index (χ3v) is 3.82. The lowest BCUT2D eigenvalue weighted by Gasteiger charge is -2.15. The van der Waals surface area contributed by atoms with Gasteiger partial charge in [-0.15, -0.1) is 0 Å². The molecule has 1 atom stereocenters. The van der Waals surface area contributed by atoms with E-state index in [2.05, 4.69) is 24.1 Å². The summed E-state index contributed by atoms with van der Waals surface area (Å²) < 4.78 is 1.80. The molecular formula is C17H25N3O. The maximum atomic E-state index is 12.0. The molecule has 1 aromatic heterocycles. The van der Waals surface area contributed by atoms with Crippen LogP contribution in [0.15, 0.2) is 35.3 Å². The van der Waals surface area contributed by atoms with Gasteiger partial charge >= 0.3 is 0 Å². The average molecular weight is 287 g/mol. The van der Waals surface area contributed by atoms with E-state index < -0.39 is 0 Å². The van der Waals surface area contributed by atoms with Gasteiger partial charge in [0.05, 0.1) is 17.2 Å². The number of benzene rings is 1. The summed E-state index contributed by atoms with van der Waals surface area (Å²) in [6.07, 6.45) is 6.42. The molecule has 1 aromatic carbocycles. The lowest BCUT2D eigenvalue weighted by molar-refractivity contribution is 0.470. The van der Waals surface area contributed by atoms with Crippen molar-refractivity contribution in [1.82, 2.24) is 14.9 Å². The van der Waals surface area contributed by atoms with E-state index >= 15 is 0 Å². The monoisotopic (exact) mass is 287 g/mol. The molecule has 0 aliphatic carbocycles. The number of fused-ring (bicyclic) bond motifs is 1. The second-order valence-corrected chi connectivity index (χ2v) is 5.59. The summed E-state index contributed by atoms with van der Waals surface area (Å²) in [6, 6.07) is 8.28. The quantitative estimate of drug-likeness (QED) is 0.759. The molecule has 2 aromatic rings. The Morgan fingerprint density at radius 2 is 2.10 bits per heavy atom. The molecule has 1 unspecified atom stereocenters. The fourth-order valence-electron chi connectivity index (χ4n) is 2.57. The number of nitrogens with zero attached hydrogens (tertiary/aromatic N) is 2. The number of nitrogens with one attached hydrogen (secondary N) is 1. The van der Waals surface area contributed by atoms with Crippen molar-refractivity contribution in [2.75, 3.05) is 6.54 Å². The van der Waals surface area contributed by atoms with Crippen LogP contribution in [0.3, 0.4) is 0 Å². The van der Waals surface area contributed by atoms with Gasteiger partial charge in [-0.05, 0) is 25.5 Å². The van der Waals surface area contributed by atoms with Gasteiger partial charge in [0.1, 0.15) is 0 Å². The zero-order valence-corrected chi connectivity index (χ0v) is 13.0. The van der Waals surface area contributed by atoms with Crippen molar-refractivity contribution < 1.29 is 0 Å². The maximum absolute atomic E-state index is 12.0. The SMILES string of the molecule is CCCCCC(C)NCCn1c(=O)cnc2ccccc21. The van der Waals surface area contributed by atoms with Crippen LogP contribution in [-0.4, -0.2) is 22.1 Å². The van der Waals surface area contributed by atoms with Crippen molar-refractivity contribution in [3.63, 3.8) is 0 Å². The van der Waals surface area contributed by atoms with Crippen LogP contribution >= 0.6 is 0 Å². The summed E-state index contributed by atoms with van der Waals surface area (Å²) in [5.74, 6) is 0. The van der Waals surface area contributed by atoms with Crippen molar-refractivity contribution in [3.8, 4) is 0 Å². The summed E-state index contributed by atoms with van der Waals surface area (Å²) in [5, 5.41) is 3.50. The minimum absolute atomic E-state index is 0.0332. The molecule has 2 rings (SSSR count). The number of para-hydroxylation sites is 2. The van der Waals surface area contributed by atoms with Gasteiger partial charge in [0.25, 0.3) is 5.56 Å². The molecule has 0 saturated heterocycles. The highest BCUT2D eigenvalue weighted by atomic mass is 16.1. The highest BCUT2D eigenvalue weighted by Gasteiger charge is 2.05. The molecule has 4 heteroatoms. The first-order chi connectivity index (χ1) is 10.2. The topological polar surface area (TPSA) is 46.9 Å². The summed E-state index contributed by atoms with van der Waals surface area (Å²) in [5.41, 5.74) is 1.74. The molecule has 0 bridgehead atoms. The van der Waals surface area contributed by atoms with Crippen LogP contribution in [0.4, 0.5) is 0 Å². The Morgan fingerprint density at radius 3 is 2.90 bits per heavy atom. The van der Waals surface area contributed by atoms with Gasteiger partial charge in [-0.1, -0.05) is 38.3 Å². The highest BCUT2D eigenvalue weighted by Crippen LogP contribution is 2.08. The molecule has 114 valence electrons. The molecule has 0 amide bonds. The smallest absolute Gasteiger partial charge is 0.269 e. The molecule has 0 saturated carbocycles. The minimum Gasteiger partial charge on any atom is -0.312 e. The molecule has 1 heterocycles. The molecule has 21 heavy (non-hydrogen) atoms. The normalized spacial score (nSPS) is 12.7. The number of aromatic nitrogens is 2. The zero-order valence-electron chi connectivity index (χ0n) is 13.0. The van der Waals surface area contributed by atoms with E-state index in [0.717, 1.165) is 17.6 Å². The average Bonchev–Trinajstić information content (AvgIpc) is 2.50. The molecule has 0 radical (unpaired) electrons. The number of rotatable bonds is 8. The van der Waals surface area contributed by atoms with Crippen LogP contribution in [0.1, 0.15) is 39.5 Å². The molecule has 0 fully saturated rings. The van der Waals surface area contributed by atoms with Crippen molar-refractivity contribution in [3.05, 3.63) is 40.8 Å². The third-order valence-electron chi connectivity index (χ3n) is 3.82. The van der Waals surface area contributed by atoms with Crippen LogP contribution in [0.25, 0.3) is 11.0 Å². The fraction of sp³-hybridized carbons (Fsp3) is 0.529. The Bertz CT molecular complexity index is 621. The summed E-state index contributed by atoms with van der Waals surface area (Å²) in [6.45, 7) is 5.92. The minimum atomic E-state index is -0.0332. The number of hydrogen-bond acceptors (Lipinski definition) is 3. The first-order valence-corrected chi connectivity index (χ1v) is 7.90. The van der Waals surface area contributed by atoms with Crippen LogP contribution in [0.2, 0.25) is 0 Å². The van der Waals surface area contributed by atoms with E-state index in [9.17, 15) is 4.79 Å². The second-order valence-electron chi connectivity index (χ2n) is 5.59. The standard InChI is InChI=1S/C17H25N3O/c1-3-4-5-8-14(2)18-11-12-20-16-10-7-6-9-15(16)19-13-17(20)21/h6-7,9-10,13-14,18H,3-5,8,11-12H2,1-2H3. The first-order valence-electron chi connectivity index (χ1n) is 7.90. The maximum Gasteiger partial charge on any atom is 0.269 e. The Kier molecular flexibility index (Phi) is 5.93. The van der Waals surface area contributed by atoms with Crippen LogP contribution in [-0.2, 0) is 6.54 Å². The molecule has 0 spiro atoms. The van der Waals surface area contributed by atoms with Crippen LogP contribution in [0, 0.1) is 0 Å². The van der Waals surface area contributed by atoms with E-state index in [1.807, 2.05) is 24.3 Å². The predicted molar refractivity (Wildman–Crippen MR) is 87.6 cm³/mol. The largest absolute Gasteiger partial charge is 0.312 e. The Balaban J connectivity index is 1.94. The Labute approximate surface area is 126 Å². The van der Waals surface area contributed by atoms with Gasteiger partial charge in [0, 0.05) is 19.1 Å². The summed E-state index contributed by atoms with van der Waals surface area (Å²) in [4.78, 5) is 16.2. The van der Waals surface area contributed by atoms with Crippen molar-refractivity contribution >= 4 is 11.0 Å². The Hall–Kier alpha value is -1.68. The van der Waals surface area contributed by atoms with Gasteiger partial charge in [-0.3, -0.25) is 4.79 Å². The zero-order chi connectivity index (χ0) is 15.1. The van der Waals surface area contributed by atoms with Crippen molar-refractivity contribution in [1.29, 1.82) is 0 Å². The van der Waals surface area contributed by atoms with Crippen molar-refractivity contribution in [2.24, 2.45) is 0 Å². The third kappa shape index (κ3) is 4.39. The van der Waals surface area contributed by atoms with Crippen LogP contribution in [0.5, 0.6) is 0 Å². The van der Waals surface area contributed by atoms with E-state index in [-0.39, 0.29) is 5.56 Å². The van der Waals surface area contributed by atoms with Crippen molar-refractivity contribution in [2.45, 2.75) is 52.1 Å². The van der Waals surface area contributed by atoms with E-state index in [1.54, 1.807) is 4.57 Å². The van der Waals surface area contributed by atoms with E-state index in [0.29, 0.717) is 12.6 Å². The fourth-order valence-corrected chi connectivity index (χ4v) is 2.57. The second kappa shape index (κ2) is 7.93. The molecule has 0 aliphatic heterocycles. The van der Waals surface area contributed by atoms with E-state index in [4.69, 9.17) is 0 Å². The summed E-state index contributed by atoms with van der Waals surface area (Å²) >= 11 is 0. The van der Waals surface area contributed by atoms with Gasteiger partial charge < -0.3 is 9.88 Å². The number of unbranched alkanes of at least 4 members (excludes halogenated alkanes) is 2. The van der Waals surface area contributed by atoms with Gasteiger partial charge in [0.2, 0.25) is 0 Å². The predicted octanol–water partition coefficient (Wildman–Crippen LogP) is 2.95. The molecule has 1 N–H and O–H groups in total. The lowest BCUT2D eigenvalue weighted by Crippen LogP contribution is -2.32. The van der Waals surface area contributed by atoms with Gasteiger partial charge in [0.15, 0.2) is 0 Å².